The zero-order valence-corrected chi connectivity index (χ0v) is 16.7. The Morgan fingerprint density at radius 1 is 1.06 bits per heavy atom. The highest BCUT2D eigenvalue weighted by Crippen LogP contribution is 2.23. The van der Waals surface area contributed by atoms with E-state index in [0.717, 1.165) is 41.7 Å². The van der Waals surface area contributed by atoms with Crippen LogP contribution in [-0.2, 0) is 6.54 Å². The second kappa shape index (κ2) is 8.53. The number of guanidine groups is 1. The number of alkyl halides is 2. The Labute approximate surface area is 181 Å². The van der Waals surface area contributed by atoms with E-state index in [4.69, 9.17) is 4.42 Å². The van der Waals surface area contributed by atoms with Crippen LogP contribution in [0.25, 0.3) is 22.7 Å². The van der Waals surface area contributed by atoms with Gasteiger partial charge in [-0.2, -0.15) is 8.78 Å². The Bertz CT molecular complexity index is 1230. The predicted molar refractivity (Wildman–Crippen MR) is 113 cm³/mol. The van der Waals surface area contributed by atoms with Crippen molar-refractivity contribution in [3.63, 3.8) is 0 Å². The number of halogens is 2. The highest BCUT2D eigenvalue weighted by molar-refractivity contribution is 5.94. The van der Waals surface area contributed by atoms with Crippen LogP contribution in [0.5, 0.6) is 0 Å². The third kappa shape index (κ3) is 4.31. The SMILES string of the molecule is FC(F)c1nnc(-c2ccc(Cn3cnc(-c4ccc(NC5=NCCN5)cc4)c3)nc2)o1. The van der Waals surface area contributed by atoms with Crippen molar-refractivity contribution in [3.8, 4) is 22.7 Å². The zero-order valence-electron chi connectivity index (χ0n) is 16.7. The number of nitrogens with one attached hydrogen (secondary N) is 2. The molecule has 0 radical (unpaired) electrons. The maximum Gasteiger partial charge on any atom is 0.314 e. The van der Waals surface area contributed by atoms with Crippen molar-refractivity contribution in [2.45, 2.75) is 13.0 Å². The van der Waals surface area contributed by atoms with Gasteiger partial charge in [0.05, 0.1) is 36.4 Å². The topological polar surface area (TPSA) is 106 Å². The maximum absolute atomic E-state index is 12.6. The van der Waals surface area contributed by atoms with Gasteiger partial charge >= 0.3 is 6.43 Å². The van der Waals surface area contributed by atoms with Gasteiger partial charge < -0.3 is 19.6 Å². The first-order chi connectivity index (χ1) is 15.6. The summed E-state index contributed by atoms with van der Waals surface area (Å²) in [6, 6.07) is 11.4. The lowest BCUT2D eigenvalue weighted by Gasteiger charge is -2.06. The summed E-state index contributed by atoms with van der Waals surface area (Å²) < 4.78 is 32.1. The number of nitrogens with zero attached hydrogens (tertiary/aromatic N) is 6. The Kier molecular flexibility index (Phi) is 5.28. The van der Waals surface area contributed by atoms with Gasteiger partial charge in [-0.25, -0.2) is 4.98 Å². The van der Waals surface area contributed by atoms with Gasteiger partial charge in [0.1, 0.15) is 0 Å². The quantitative estimate of drug-likeness (QED) is 0.477. The van der Waals surface area contributed by atoms with Gasteiger partial charge in [0, 0.05) is 30.2 Å². The molecule has 162 valence electrons. The molecule has 2 N–H and O–H groups in total. The molecule has 3 aromatic heterocycles. The fraction of sp³-hybridized carbons (Fsp3) is 0.190. The number of aromatic nitrogens is 5. The lowest BCUT2D eigenvalue weighted by atomic mass is 10.1. The van der Waals surface area contributed by atoms with E-state index in [1.165, 1.54) is 6.20 Å². The first kappa shape index (κ1) is 19.8. The van der Waals surface area contributed by atoms with Crippen LogP contribution in [0.1, 0.15) is 18.0 Å². The first-order valence-electron chi connectivity index (χ1n) is 9.88. The van der Waals surface area contributed by atoms with E-state index in [1.807, 2.05) is 35.0 Å². The van der Waals surface area contributed by atoms with Crippen molar-refractivity contribution in [2.24, 2.45) is 4.99 Å². The smallest absolute Gasteiger partial charge is 0.314 e. The first-order valence-corrected chi connectivity index (χ1v) is 9.88. The molecule has 0 bridgehead atoms. The summed E-state index contributed by atoms with van der Waals surface area (Å²) in [7, 11) is 0. The van der Waals surface area contributed by atoms with Crippen molar-refractivity contribution in [3.05, 3.63) is 66.7 Å². The second-order valence-electron chi connectivity index (χ2n) is 7.08. The van der Waals surface area contributed by atoms with Crippen molar-refractivity contribution < 1.29 is 13.2 Å². The summed E-state index contributed by atoms with van der Waals surface area (Å²) in [4.78, 5) is 13.1. The molecule has 1 aliphatic rings. The standard InChI is InChI=1S/C21H18F2N8O/c22-18(23)20-30-29-19(32-20)14-3-6-16(26-9-14)10-31-11-17(27-12-31)13-1-4-15(5-2-13)28-21-24-7-8-25-21/h1-6,9,11-12,18H,7-8,10H2,(H2,24,25,28). The minimum absolute atomic E-state index is 0.0120. The molecule has 1 aromatic carbocycles. The van der Waals surface area contributed by atoms with E-state index in [1.54, 1.807) is 18.5 Å². The minimum Gasteiger partial charge on any atom is -0.415 e. The van der Waals surface area contributed by atoms with Gasteiger partial charge in [0.25, 0.3) is 5.89 Å². The third-order valence-corrected chi connectivity index (χ3v) is 4.79. The van der Waals surface area contributed by atoms with E-state index in [-0.39, 0.29) is 5.89 Å². The van der Waals surface area contributed by atoms with Crippen LogP contribution in [-0.4, -0.2) is 43.8 Å². The Hall–Kier alpha value is -4.15. The van der Waals surface area contributed by atoms with Gasteiger partial charge in [-0.1, -0.05) is 12.1 Å². The van der Waals surface area contributed by atoms with E-state index < -0.39 is 12.3 Å². The molecule has 0 fully saturated rings. The molecular weight excluding hydrogens is 418 g/mol. The number of hydrogen-bond donors (Lipinski definition) is 2. The average Bonchev–Trinajstić information content (AvgIpc) is 3.57. The Morgan fingerprint density at radius 2 is 1.91 bits per heavy atom. The van der Waals surface area contributed by atoms with E-state index in [9.17, 15) is 8.78 Å². The molecule has 4 aromatic rings. The summed E-state index contributed by atoms with van der Waals surface area (Å²) in [6.07, 6.45) is 2.39. The normalized spacial score (nSPS) is 13.3. The highest BCUT2D eigenvalue weighted by atomic mass is 19.3. The lowest BCUT2D eigenvalue weighted by molar-refractivity contribution is 0.116. The summed E-state index contributed by atoms with van der Waals surface area (Å²) in [5, 5.41) is 13.4. The molecular formula is C21H18F2N8O. The Morgan fingerprint density at radius 3 is 2.59 bits per heavy atom. The van der Waals surface area contributed by atoms with Gasteiger partial charge in [0.15, 0.2) is 5.96 Å². The zero-order chi connectivity index (χ0) is 21.9. The number of imidazole rings is 1. The van der Waals surface area contributed by atoms with E-state index >= 15 is 0 Å². The molecule has 32 heavy (non-hydrogen) atoms. The Balaban J connectivity index is 1.24. The minimum atomic E-state index is -2.80. The van der Waals surface area contributed by atoms with Crippen molar-refractivity contribution in [1.29, 1.82) is 0 Å². The molecule has 0 spiro atoms. The summed E-state index contributed by atoms with van der Waals surface area (Å²) >= 11 is 0. The molecule has 0 unspecified atom stereocenters. The number of hydrogen-bond acceptors (Lipinski definition) is 8. The van der Waals surface area contributed by atoms with Crippen molar-refractivity contribution in [2.75, 3.05) is 18.4 Å². The van der Waals surface area contributed by atoms with Crippen LogP contribution in [0.2, 0.25) is 0 Å². The van der Waals surface area contributed by atoms with Crippen LogP contribution >= 0.6 is 0 Å². The number of aliphatic imine (C=N–C) groups is 1. The molecule has 1 aliphatic heterocycles. The molecule has 0 saturated heterocycles. The largest absolute Gasteiger partial charge is 0.415 e. The van der Waals surface area contributed by atoms with Gasteiger partial charge in [-0.05, 0) is 24.3 Å². The molecule has 9 nitrogen and oxygen atoms in total. The maximum atomic E-state index is 12.6. The highest BCUT2D eigenvalue weighted by Gasteiger charge is 2.17. The summed E-state index contributed by atoms with van der Waals surface area (Å²) in [5.41, 5.74) is 4.04. The fourth-order valence-corrected chi connectivity index (χ4v) is 3.21. The second-order valence-corrected chi connectivity index (χ2v) is 7.08. The molecule has 11 heteroatoms. The number of rotatable bonds is 6. The third-order valence-electron chi connectivity index (χ3n) is 4.79. The number of pyridine rings is 1. The molecule has 4 heterocycles. The fourth-order valence-electron chi connectivity index (χ4n) is 3.21. The van der Waals surface area contributed by atoms with Crippen molar-refractivity contribution >= 4 is 11.6 Å². The van der Waals surface area contributed by atoms with Crippen LogP contribution in [0.4, 0.5) is 14.5 Å². The number of anilines is 1. The van der Waals surface area contributed by atoms with Crippen LogP contribution < -0.4 is 10.6 Å². The molecule has 0 aliphatic carbocycles. The average molecular weight is 436 g/mol. The van der Waals surface area contributed by atoms with E-state index in [0.29, 0.717) is 12.1 Å². The summed E-state index contributed by atoms with van der Waals surface area (Å²) in [6.45, 7) is 2.14. The molecule has 0 amide bonds. The van der Waals surface area contributed by atoms with Crippen LogP contribution in [0, 0.1) is 0 Å². The lowest BCUT2D eigenvalue weighted by Crippen LogP contribution is -2.26. The van der Waals surface area contributed by atoms with E-state index in [2.05, 4.69) is 35.8 Å². The summed E-state index contributed by atoms with van der Waals surface area (Å²) in [5.74, 6) is 0.0925. The monoisotopic (exact) mass is 436 g/mol. The molecule has 5 rings (SSSR count). The predicted octanol–water partition coefficient (Wildman–Crippen LogP) is 3.35. The van der Waals surface area contributed by atoms with Gasteiger partial charge in [0.2, 0.25) is 5.89 Å². The molecule has 0 atom stereocenters. The molecule has 0 saturated carbocycles. The van der Waals surface area contributed by atoms with Crippen LogP contribution in [0.3, 0.4) is 0 Å². The van der Waals surface area contributed by atoms with Gasteiger partial charge in [-0.15, -0.1) is 10.2 Å². The number of benzene rings is 1. The van der Waals surface area contributed by atoms with Gasteiger partial charge in [-0.3, -0.25) is 9.98 Å². The van der Waals surface area contributed by atoms with Crippen LogP contribution in [0.15, 0.2) is 64.5 Å². The van der Waals surface area contributed by atoms with Crippen molar-refractivity contribution in [1.82, 2.24) is 30.0 Å².